The molecule has 0 bridgehead atoms. The number of carboxylic acids is 1. The molecule has 2 aromatic heterocycles. The van der Waals surface area contributed by atoms with Crippen molar-refractivity contribution in [3.05, 3.63) is 33.6 Å². The molecule has 0 radical (unpaired) electrons. The van der Waals surface area contributed by atoms with Crippen LogP contribution in [0.15, 0.2) is 17.5 Å². The van der Waals surface area contributed by atoms with Crippen molar-refractivity contribution >= 4 is 23.1 Å². The monoisotopic (exact) mass is 279 g/mol. The molecule has 102 valence electrons. The van der Waals surface area contributed by atoms with Gasteiger partial charge >= 0.3 is 5.97 Å². The molecule has 0 aliphatic heterocycles. The summed E-state index contributed by atoms with van der Waals surface area (Å²) < 4.78 is 1.59. The Balaban J connectivity index is 2.35. The summed E-state index contributed by atoms with van der Waals surface area (Å²) in [6, 6.07) is 4.15. The second-order valence-corrected chi connectivity index (χ2v) is 5.34. The summed E-state index contributed by atoms with van der Waals surface area (Å²) in [5.41, 5.74) is 0.774. The lowest BCUT2D eigenvalue weighted by atomic mass is 10.1. The lowest BCUT2D eigenvalue weighted by Crippen LogP contribution is -2.14. The predicted octanol–water partition coefficient (Wildman–Crippen LogP) is 3.05. The van der Waals surface area contributed by atoms with Crippen molar-refractivity contribution in [2.45, 2.75) is 26.3 Å². The van der Waals surface area contributed by atoms with Gasteiger partial charge in [0.05, 0.1) is 11.7 Å². The summed E-state index contributed by atoms with van der Waals surface area (Å²) in [5, 5.41) is 18.8. The molecule has 2 rings (SSSR count). The minimum absolute atomic E-state index is 0.105. The number of hydrogen-bond donors (Lipinski definition) is 2. The topological polar surface area (TPSA) is 67.2 Å². The van der Waals surface area contributed by atoms with Crippen LogP contribution in [0.25, 0.3) is 0 Å². The quantitative estimate of drug-likeness (QED) is 0.882. The summed E-state index contributed by atoms with van der Waals surface area (Å²) >= 11 is 1.66. The zero-order chi connectivity index (χ0) is 14.0. The van der Waals surface area contributed by atoms with Crippen LogP contribution in [0.1, 0.15) is 40.3 Å². The Labute approximate surface area is 115 Å². The van der Waals surface area contributed by atoms with E-state index in [-0.39, 0.29) is 11.6 Å². The first-order valence-electron chi connectivity index (χ1n) is 6.11. The van der Waals surface area contributed by atoms with Crippen molar-refractivity contribution in [3.63, 3.8) is 0 Å². The Hall–Kier alpha value is -1.82. The van der Waals surface area contributed by atoms with Gasteiger partial charge in [-0.15, -0.1) is 11.3 Å². The first kappa shape index (κ1) is 13.6. The third-order valence-electron chi connectivity index (χ3n) is 3.04. The number of aromatic carboxylic acids is 1. The van der Waals surface area contributed by atoms with E-state index in [2.05, 4.69) is 23.4 Å². The van der Waals surface area contributed by atoms with Gasteiger partial charge in [0.25, 0.3) is 0 Å². The number of hydrogen-bond acceptors (Lipinski definition) is 4. The van der Waals surface area contributed by atoms with Crippen molar-refractivity contribution in [2.75, 3.05) is 5.32 Å². The number of carboxylic acid groups (broad SMARTS) is 1. The van der Waals surface area contributed by atoms with Crippen LogP contribution in [0.5, 0.6) is 0 Å². The highest BCUT2D eigenvalue weighted by atomic mass is 32.1. The fourth-order valence-corrected chi connectivity index (χ4v) is 2.97. The highest BCUT2D eigenvalue weighted by molar-refractivity contribution is 7.10. The van der Waals surface area contributed by atoms with Gasteiger partial charge in [-0.3, -0.25) is 4.68 Å². The van der Waals surface area contributed by atoms with Gasteiger partial charge in [0.15, 0.2) is 0 Å². The number of thiophene rings is 1. The Morgan fingerprint density at radius 1 is 1.63 bits per heavy atom. The van der Waals surface area contributed by atoms with Crippen molar-refractivity contribution in [1.29, 1.82) is 0 Å². The number of aromatic nitrogens is 2. The van der Waals surface area contributed by atoms with Crippen LogP contribution < -0.4 is 5.32 Å². The first-order chi connectivity index (χ1) is 9.04. The first-order valence-corrected chi connectivity index (χ1v) is 6.99. The predicted molar refractivity (Wildman–Crippen MR) is 75.9 cm³/mol. The molecule has 0 spiro atoms. The standard InChI is InChI=1S/C13H17N3O2S/c1-4-9(10-6-5-7-19-10)14-12-11(13(17)18)8(2)15-16(12)3/h5-7,9,14H,4H2,1-3H3,(H,17,18). The van der Waals surface area contributed by atoms with Crippen LogP contribution >= 0.6 is 11.3 Å². The van der Waals surface area contributed by atoms with E-state index >= 15 is 0 Å². The number of anilines is 1. The third kappa shape index (κ3) is 2.63. The molecule has 0 saturated carbocycles. The van der Waals surface area contributed by atoms with E-state index in [1.807, 2.05) is 11.4 Å². The Morgan fingerprint density at radius 2 is 2.37 bits per heavy atom. The normalized spacial score (nSPS) is 12.4. The van der Waals surface area contributed by atoms with Gasteiger partial charge in [-0.2, -0.15) is 5.10 Å². The number of rotatable bonds is 5. The maximum absolute atomic E-state index is 11.3. The molecule has 19 heavy (non-hydrogen) atoms. The minimum atomic E-state index is -0.950. The average Bonchev–Trinajstić information content (AvgIpc) is 2.94. The van der Waals surface area contributed by atoms with E-state index in [9.17, 15) is 9.90 Å². The summed E-state index contributed by atoms with van der Waals surface area (Å²) in [6.07, 6.45) is 0.879. The summed E-state index contributed by atoms with van der Waals surface area (Å²) in [5.74, 6) is -0.389. The summed E-state index contributed by atoms with van der Waals surface area (Å²) in [6.45, 7) is 3.78. The Kier molecular flexibility index (Phi) is 3.90. The molecule has 0 fully saturated rings. The Morgan fingerprint density at radius 3 is 2.89 bits per heavy atom. The van der Waals surface area contributed by atoms with Gasteiger partial charge in [0.1, 0.15) is 11.4 Å². The fraction of sp³-hybridized carbons (Fsp3) is 0.385. The van der Waals surface area contributed by atoms with Crippen LogP contribution in [0, 0.1) is 6.92 Å². The number of nitrogens with zero attached hydrogens (tertiary/aromatic N) is 2. The fourth-order valence-electron chi connectivity index (χ4n) is 2.11. The van der Waals surface area contributed by atoms with Crippen LogP contribution in [-0.4, -0.2) is 20.9 Å². The minimum Gasteiger partial charge on any atom is -0.477 e. The van der Waals surface area contributed by atoms with Crippen molar-refractivity contribution in [1.82, 2.24) is 9.78 Å². The van der Waals surface area contributed by atoms with Gasteiger partial charge in [0.2, 0.25) is 0 Å². The van der Waals surface area contributed by atoms with Gasteiger partial charge in [0, 0.05) is 11.9 Å². The molecule has 5 nitrogen and oxygen atoms in total. The van der Waals surface area contributed by atoms with Gasteiger partial charge in [-0.05, 0) is 24.8 Å². The lowest BCUT2D eigenvalue weighted by Gasteiger charge is -2.17. The molecular formula is C13H17N3O2S. The molecule has 6 heteroatoms. The van der Waals surface area contributed by atoms with E-state index in [4.69, 9.17) is 0 Å². The molecule has 0 aromatic carbocycles. The zero-order valence-corrected chi connectivity index (χ0v) is 12.0. The number of aryl methyl sites for hydroxylation is 2. The van der Waals surface area contributed by atoms with Crippen LogP contribution in [0.4, 0.5) is 5.82 Å². The molecular weight excluding hydrogens is 262 g/mol. The van der Waals surface area contributed by atoms with Crippen LogP contribution in [0.3, 0.4) is 0 Å². The van der Waals surface area contributed by atoms with Crippen LogP contribution in [0.2, 0.25) is 0 Å². The zero-order valence-electron chi connectivity index (χ0n) is 11.2. The molecule has 0 aliphatic rings. The van der Waals surface area contributed by atoms with Crippen LogP contribution in [-0.2, 0) is 7.05 Å². The maximum atomic E-state index is 11.3. The second-order valence-electron chi connectivity index (χ2n) is 4.36. The maximum Gasteiger partial charge on any atom is 0.341 e. The largest absolute Gasteiger partial charge is 0.477 e. The lowest BCUT2D eigenvalue weighted by molar-refractivity contribution is 0.0697. The van der Waals surface area contributed by atoms with E-state index in [0.29, 0.717) is 11.5 Å². The second kappa shape index (κ2) is 5.44. The van der Waals surface area contributed by atoms with E-state index in [0.717, 1.165) is 6.42 Å². The van der Waals surface area contributed by atoms with E-state index in [1.165, 1.54) is 4.88 Å². The van der Waals surface area contributed by atoms with E-state index < -0.39 is 5.97 Å². The van der Waals surface area contributed by atoms with Crippen molar-refractivity contribution in [3.8, 4) is 0 Å². The summed E-state index contributed by atoms with van der Waals surface area (Å²) in [7, 11) is 1.75. The number of nitrogens with one attached hydrogen (secondary N) is 1. The smallest absolute Gasteiger partial charge is 0.341 e. The highest BCUT2D eigenvalue weighted by Gasteiger charge is 2.22. The van der Waals surface area contributed by atoms with E-state index in [1.54, 1.807) is 30.0 Å². The van der Waals surface area contributed by atoms with Crippen molar-refractivity contribution in [2.24, 2.45) is 7.05 Å². The Bertz CT molecular complexity index is 575. The molecule has 1 unspecified atom stereocenters. The number of carbonyl (C=O) groups is 1. The van der Waals surface area contributed by atoms with Gasteiger partial charge in [-0.25, -0.2) is 4.79 Å². The highest BCUT2D eigenvalue weighted by Crippen LogP contribution is 2.28. The van der Waals surface area contributed by atoms with Gasteiger partial charge < -0.3 is 10.4 Å². The molecule has 2 aromatic rings. The van der Waals surface area contributed by atoms with Crippen molar-refractivity contribution < 1.29 is 9.90 Å². The third-order valence-corrected chi connectivity index (χ3v) is 4.03. The molecule has 1 atom stereocenters. The molecule has 2 heterocycles. The average molecular weight is 279 g/mol. The molecule has 0 amide bonds. The summed E-state index contributed by atoms with van der Waals surface area (Å²) in [4.78, 5) is 12.5. The molecule has 0 saturated heterocycles. The SMILES string of the molecule is CCC(Nc1c(C(=O)O)c(C)nn1C)c1cccs1. The molecule has 2 N–H and O–H groups in total. The van der Waals surface area contributed by atoms with Gasteiger partial charge in [-0.1, -0.05) is 13.0 Å². The molecule has 0 aliphatic carbocycles.